The molecule has 0 aromatic carbocycles. The normalized spacial score (nSPS) is 12.4. The number of carbonyl (C=O) groups is 1. The third kappa shape index (κ3) is 3.38. The van der Waals surface area contributed by atoms with Crippen molar-refractivity contribution in [1.29, 1.82) is 0 Å². The van der Waals surface area contributed by atoms with Crippen molar-refractivity contribution < 1.29 is 15.0 Å². The van der Waals surface area contributed by atoms with Crippen molar-refractivity contribution in [2.75, 3.05) is 13.2 Å². The molecule has 2 heterocycles. The summed E-state index contributed by atoms with van der Waals surface area (Å²) in [7, 11) is 0. The molecular weight excluding hydrogens is 284 g/mol. The molecule has 7 heteroatoms. The first-order valence-electron chi connectivity index (χ1n) is 5.70. The van der Waals surface area contributed by atoms with Crippen molar-refractivity contribution in [3.63, 3.8) is 0 Å². The fourth-order valence-corrected chi connectivity index (χ4v) is 3.25. The fraction of sp³-hybridized carbons (Fsp3) is 0.333. The van der Waals surface area contributed by atoms with Crippen LogP contribution in [0.4, 0.5) is 0 Å². The van der Waals surface area contributed by atoms with Gasteiger partial charge in [-0.25, -0.2) is 4.98 Å². The summed E-state index contributed by atoms with van der Waals surface area (Å²) in [6, 6.07) is 3.90. The summed E-state index contributed by atoms with van der Waals surface area (Å²) < 4.78 is 0. The van der Waals surface area contributed by atoms with Gasteiger partial charge in [0.25, 0.3) is 5.91 Å². The minimum absolute atomic E-state index is 0.0288. The van der Waals surface area contributed by atoms with Crippen LogP contribution in [0.25, 0.3) is 9.88 Å². The van der Waals surface area contributed by atoms with Crippen LogP contribution in [-0.4, -0.2) is 40.4 Å². The summed E-state index contributed by atoms with van der Waals surface area (Å²) in [5.74, 6) is -0.273. The van der Waals surface area contributed by atoms with Crippen LogP contribution in [0.3, 0.4) is 0 Å². The Hall–Kier alpha value is -1.28. The molecule has 2 aromatic rings. The van der Waals surface area contributed by atoms with Gasteiger partial charge >= 0.3 is 0 Å². The van der Waals surface area contributed by atoms with Crippen molar-refractivity contribution in [3.8, 4) is 9.88 Å². The van der Waals surface area contributed by atoms with Gasteiger partial charge in [0.15, 0.2) is 0 Å². The Morgan fingerprint density at radius 3 is 3.00 bits per heavy atom. The van der Waals surface area contributed by atoms with Gasteiger partial charge in [0.2, 0.25) is 0 Å². The summed E-state index contributed by atoms with van der Waals surface area (Å²) in [5, 5.41) is 23.3. The van der Waals surface area contributed by atoms with Crippen LogP contribution in [0, 0.1) is 6.92 Å². The van der Waals surface area contributed by atoms with Crippen molar-refractivity contribution in [2.45, 2.75) is 13.0 Å². The Kier molecular flexibility index (Phi) is 4.65. The smallest absolute Gasteiger partial charge is 0.263 e. The third-order valence-corrected chi connectivity index (χ3v) is 4.64. The van der Waals surface area contributed by atoms with E-state index in [1.165, 1.54) is 11.3 Å². The lowest BCUT2D eigenvalue weighted by Crippen LogP contribution is -2.33. The first-order valence-corrected chi connectivity index (χ1v) is 7.40. The molecule has 0 radical (unpaired) electrons. The fourth-order valence-electron chi connectivity index (χ4n) is 1.47. The van der Waals surface area contributed by atoms with Crippen LogP contribution >= 0.6 is 22.7 Å². The maximum absolute atomic E-state index is 11.9. The third-order valence-electron chi connectivity index (χ3n) is 2.44. The monoisotopic (exact) mass is 298 g/mol. The number of thiophene rings is 1. The molecule has 0 saturated carbocycles. The Balaban J connectivity index is 2.10. The summed E-state index contributed by atoms with van der Waals surface area (Å²) >= 11 is 2.90. The summed E-state index contributed by atoms with van der Waals surface area (Å²) in [6.45, 7) is 1.44. The van der Waals surface area contributed by atoms with Gasteiger partial charge in [0.05, 0.1) is 23.3 Å². The van der Waals surface area contributed by atoms with Gasteiger partial charge in [-0.05, 0) is 18.4 Å². The summed E-state index contributed by atoms with van der Waals surface area (Å²) in [6.07, 6.45) is -0.936. The topological polar surface area (TPSA) is 82.5 Å². The maximum atomic E-state index is 11.9. The van der Waals surface area contributed by atoms with E-state index in [0.29, 0.717) is 10.6 Å². The minimum Gasteiger partial charge on any atom is -0.394 e. The molecular formula is C12H14N2O3S2. The van der Waals surface area contributed by atoms with Gasteiger partial charge in [-0.15, -0.1) is 22.7 Å². The number of aromatic nitrogens is 1. The molecule has 2 rings (SSSR count). The molecule has 1 atom stereocenters. The Morgan fingerprint density at radius 1 is 1.58 bits per heavy atom. The number of amides is 1. The van der Waals surface area contributed by atoms with Crippen molar-refractivity contribution in [2.24, 2.45) is 0 Å². The molecule has 0 bridgehead atoms. The predicted octanol–water partition coefficient (Wildman–Crippen LogP) is 1.26. The number of nitrogens with zero attached hydrogens (tertiary/aromatic N) is 1. The zero-order valence-corrected chi connectivity index (χ0v) is 11.9. The first kappa shape index (κ1) is 14.1. The summed E-state index contributed by atoms with van der Waals surface area (Å²) in [4.78, 5) is 17.9. The first-order chi connectivity index (χ1) is 9.11. The van der Waals surface area contributed by atoms with Crippen LogP contribution in [0.2, 0.25) is 0 Å². The van der Waals surface area contributed by atoms with E-state index in [4.69, 9.17) is 5.11 Å². The van der Waals surface area contributed by atoms with Crippen LogP contribution < -0.4 is 5.32 Å². The Bertz CT molecular complexity index is 551. The second-order valence-corrected chi connectivity index (χ2v) is 5.90. The molecule has 19 heavy (non-hydrogen) atoms. The lowest BCUT2D eigenvalue weighted by molar-refractivity contribution is 0.0804. The van der Waals surface area contributed by atoms with Crippen LogP contribution in [-0.2, 0) is 0 Å². The average Bonchev–Trinajstić information content (AvgIpc) is 3.04. The molecule has 0 aliphatic heterocycles. The van der Waals surface area contributed by atoms with E-state index in [1.807, 2.05) is 17.5 Å². The lowest BCUT2D eigenvalue weighted by atomic mass is 10.3. The van der Waals surface area contributed by atoms with E-state index in [1.54, 1.807) is 18.3 Å². The van der Waals surface area contributed by atoms with Gasteiger partial charge in [-0.3, -0.25) is 4.79 Å². The van der Waals surface area contributed by atoms with Gasteiger partial charge in [0, 0.05) is 6.54 Å². The van der Waals surface area contributed by atoms with E-state index >= 15 is 0 Å². The summed E-state index contributed by atoms with van der Waals surface area (Å²) in [5.41, 5.74) is 0.671. The van der Waals surface area contributed by atoms with Crippen LogP contribution in [0.15, 0.2) is 17.5 Å². The maximum Gasteiger partial charge on any atom is 0.263 e. The van der Waals surface area contributed by atoms with E-state index in [-0.39, 0.29) is 19.1 Å². The van der Waals surface area contributed by atoms with Crippen molar-refractivity contribution in [3.05, 3.63) is 28.1 Å². The number of nitrogens with one attached hydrogen (secondary N) is 1. The molecule has 102 valence electrons. The molecule has 3 N–H and O–H groups in total. The number of aryl methyl sites for hydroxylation is 1. The highest BCUT2D eigenvalue weighted by molar-refractivity contribution is 7.22. The SMILES string of the molecule is Cc1nc(-c2cccs2)sc1C(=O)NCC(O)CO. The van der Waals surface area contributed by atoms with Gasteiger partial charge < -0.3 is 15.5 Å². The molecule has 2 aromatic heterocycles. The minimum atomic E-state index is -0.936. The van der Waals surface area contributed by atoms with E-state index in [9.17, 15) is 9.90 Å². The Morgan fingerprint density at radius 2 is 2.37 bits per heavy atom. The standard InChI is InChI=1S/C12H14N2O3S2/c1-7-10(11(17)13-5-8(16)6-15)19-12(14-7)9-3-2-4-18-9/h2-4,8,15-16H,5-6H2,1H3,(H,13,17). The van der Waals surface area contributed by atoms with E-state index < -0.39 is 6.10 Å². The largest absolute Gasteiger partial charge is 0.394 e. The zero-order valence-electron chi connectivity index (χ0n) is 10.3. The second-order valence-electron chi connectivity index (χ2n) is 3.96. The van der Waals surface area contributed by atoms with Gasteiger partial charge in [-0.1, -0.05) is 6.07 Å². The highest BCUT2D eigenvalue weighted by Gasteiger charge is 2.17. The number of aliphatic hydroxyl groups is 2. The lowest BCUT2D eigenvalue weighted by Gasteiger charge is -2.07. The molecule has 1 unspecified atom stereocenters. The number of hydrogen-bond acceptors (Lipinski definition) is 6. The van der Waals surface area contributed by atoms with Gasteiger partial charge in [-0.2, -0.15) is 0 Å². The number of hydrogen-bond donors (Lipinski definition) is 3. The predicted molar refractivity (Wildman–Crippen MR) is 75.6 cm³/mol. The second kappa shape index (κ2) is 6.25. The molecule has 0 saturated heterocycles. The number of rotatable bonds is 5. The molecule has 0 aliphatic rings. The zero-order chi connectivity index (χ0) is 13.8. The molecule has 0 spiro atoms. The van der Waals surface area contributed by atoms with E-state index in [2.05, 4.69) is 10.3 Å². The van der Waals surface area contributed by atoms with Gasteiger partial charge in [0.1, 0.15) is 9.88 Å². The number of aliphatic hydroxyl groups excluding tert-OH is 2. The molecule has 0 aliphatic carbocycles. The Labute approximate surface area is 118 Å². The average molecular weight is 298 g/mol. The van der Waals surface area contributed by atoms with Crippen molar-refractivity contribution in [1.82, 2.24) is 10.3 Å². The molecule has 1 amide bonds. The molecule has 5 nitrogen and oxygen atoms in total. The highest BCUT2D eigenvalue weighted by atomic mass is 32.1. The van der Waals surface area contributed by atoms with Crippen LogP contribution in [0.5, 0.6) is 0 Å². The molecule has 0 fully saturated rings. The van der Waals surface area contributed by atoms with Crippen LogP contribution in [0.1, 0.15) is 15.4 Å². The quantitative estimate of drug-likeness (QED) is 0.776. The number of thiazole rings is 1. The van der Waals surface area contributed by atoms with E-state index in [0.717, 1.165) is 9.88 Å². The number of carbonyl (C=O) groups excluding carboxylic acids is 1. The highest BCUT2D eigenvalue weighted by Crippen LogP contribution is 2.30. The van der Waals surface area contributed by atoms with Crippen molar-refractivity contribution >= 4 is 28.6 Å².